The van der Waals surface area contributed by atoms with Gasteiger partial charge in [-0.25, -0.2) is 0 Å². The highest BCUT2D eigenvalue weighted by Crippen LogP contribution is 2.62. The molecule has 3 atom stereocenters. The average molecular weight is 305 g/mol. The Bertz CT molecular complexity index is 487. The number of carbonyl (C=O) groups is 2. The summed E-state index contributed by atoms with van der Waals surface area (Å²) in [5.74, 6) is 1.24. The van der Waals surface area contributed by atoms with Crippen molar-refractivity contribution in [3.63, 3.8) is 0 Å². The van der Waals surface area contributed by atoms with Gasteiger partial charge in [0.05, 0.1) is 5.60 Å². The van der Waals surface area contributed by atoms with E-state index in [0.717, 1.165) is 51.5 Å². The third-order valence-corrected chi connectivity index (χ3v) is 6.70. The van der Waals surface area contributed by atoms with Crippen molar-refractivity contribution in [1.82, 2.24) is 5.32 Å². The van der Waals surface area contributed by atoms with Gasteiger partial charge in [0.25, 0.3) is 0 Å². The van der Waals surface area contributed by atoms with E-state index in [4.69, 9.17) is 0 Å². The van der Waals surface area contributed by atoms with Crippen LogP contribution in [0.3, 0.4) is 0 Å². The SMILES string of the molecule is O=C1NCCCCC1CC(=O)C12CC3CC(CC(O)(C3)C1)C2. The van der Waals surface area contributed by atoms with Gasteiger partial charge in [0.2, 0.25) is 5.91 Å². The molecule has 0 aromatic carbocycles. The van der Waals surface area contributed by atoms with Crippen LogP contribution in [0.15, 0.2) is 0 Å². The van der Waals surface area contributed by atoms with Crippen molar-refractivity contribution in [2.45, 2.75) is 69.8 Å². The number of ketones is 1. The van der Waals surface area contributed by atoms with E-state index in [1.54, 1.807) is 0 Å². The van der Waals surface area contributed by atoms with E-state index >= 15 is 0 Å². The van der Waals surface area contributed by atoms with Crippen molar-refractivity contribution < 1.29 is 14.7 Å². The number of nitrogens with one attached hydrogen (secondary N) is 1. The second-order valence-corrected chi connectivity index (χ2v) is 8.58. The molecule has 0 aromatic rings. The lowest BCUT2D eigenvalue weighted by molar-refractivity contribution is -0.177. The molecule has 4 nitrogen and oxygen atoms in total. The maximum Gasteiger partial charge on any atom is 0.223 e. The fourth-order valence-corrected chi connectivity index (χ4v) is 6.18. The first-order chi connectivity index (χ1) is 10.5. The zero-order chi connectivity index (χ0) is 15.4. The summed E-state index contributed by atoms with van der Waals surface area (Å²) in [5, 5.41) is 13.7. The van der Waals surface area contributed by atoms with E-state index in [2.05, 4.69) is 5.32 Å². The molecule has 4 aliphatic carbocycles. The molecule has 4 heteroatoms. The van der Waals surface area contributed by atoms with Gasteiger partial charge in [-0.15, -0.1) is 0 Å². The third kappa shape index (κ3) is 2.40. The number of aliphatic hydroxyl groups is 1. The molecule has 3 unspecified atom stereocenters. The quantitative estimate of drug-likeness (QED) is 0.840. The first-order valence-electron chi connectivity index (χ1n) is 9.01. The van der Waals surface area contributed by atoms with Crippen LogP contribution in [0.5, 0.6) is 0 Å². The molecule has 4 saturated carbocycles. The molecule has 1 amide bonds. The number of rotatable bonds is 3. The summed E-state index contributed by atoms with van der Waals surface area (Å²) in [6.45, 7) is 0.749. The zero-order valence-electron chi connectivity index (χ0n) is 13.3. The molecule has 0 radical (unpaired) electrons. The highest BCUT2D eigenvalue weighted by Gasteiger charge is 2.59. The monoisotopic (exact) mass is 305 g/mol. The van der Waals surface area contributed by atoms with Gasteiger partial charge in [-0.05, 0) is 63.2 Å². The largest absolute Gasteiger partial charge is 0.390 e. The Morgan fingerprint density at radius 2 is 1.91 bits per heavy atom. The van der Waals surface area contributed by atoms with Gasteiger partial charge >= 0.3 is 0 Å². The van der Waals surface area contributed by atoms with Crippen LogP contribution in [0.2, 0.25) is 0 Å². The molecule has 2 N–H and O–H groups in total. The minimum atomic E-state index is -0.592. The van der Waals surface area contributed by atoms with Crippen LogP contribution in [0.25, 0.3) is 0 Å². The number of Topliss-reactive ketones (excluding diaryl/α,β-unsaturated/α-hetero) is 1. The zero-order valence-corrected chi connectivity index (χ0v) is 13.3. The average Bonchev–Trinajstić information content (AvgIpc) is 2.61. The molecule has 0 aromatic heterocycles. The Morgan fingerprint density at radius 3 is 2.59 bits per heavy atom. The van der Waals surface area contributed by atoms with Crippen molar-refractivity contribution in [2.24, 2.45) is 23.2 Å². The number of hydrogen-bond acceptors (Lipinski definition) is 3. The molecule has 1 aliphatic heterocycles. The predicted molar refractivity (Wildman–Crippen MR) is 82.0 cm³/mol. The van der Waals surface area contributed by atoms with Crippen LogP contribution in [0.1, 0.15) is 64.2 Å². The molecule has 22 heavy (non-hydrogen) atoms. The maximum atomic E-state index is 13.1. The van der Waals surface area contributed by atoms with E-state index in [1.807, 2.05) is 0 Å². The molecule has 4 bridgehead atoms. The van der Waals surface area contributed by atoms with Crippen LogP contribution in [-0.2, 0) is 9.59 Å². The fraction of sp³-hybridized carbons (Fsp3) is 0.889. The smallest absolute Gasteiger partial charge is 0.223 e. The van der Waals surface area contributed by atoms with E-state index < -0.39 is 5.60 Å². The van der Waals surface area contributed by atoms with Gasteiger partial charge < -0.3 is 10.4 Å². The number of amides is 1. The topological polar surface area (TPSA) is 66.4 Å². The van der Waals surface area contributed by atoms with Crippen molar-refractivity contribution in [2.75, 3.05) is 6.54 Å². The lowest BCUT2D eigenvalue weighted by Crippen LogP contribution is -2.58. The molecule has 5 fully saturated rings. The Balaban J connectivity index is 1.51. The summed E-state index contributed by atoms with van der Waals surface area (Å²) in [7, 11) is 0. The Kier molecular flexibility index (Phi) is 3.37. The summed E-state index contributed by atoms with van der Waals surface area (Å²) < 4.78 is 0. The third-order valence-electron chi connectivity index (χ3n) is 6.70. The van der Waals surface area contributed by atoms with Crippen LogP contribution >= 0.6 is 0 Å². The molecule has 5 rings (SSSR count). The highest BCUT2D eigenvalue weighted by molar-refractivity contribution is 5.90. The summed E-state index contributed by atoms with van der Waals surface area (Å²) in [6, 6.07) is 0. The van der Waals surface area contributed by atoms with Crippen molar-refractivity contribution in [3.05, 3.63) is 0 Å². The van der Waals surface area contributed by atoms with Crippen molar-refractivity contribution >= 4 is 11.7 Å². The van der Waals surface area contributed by atoms with Gasteiger partial charge in [0, 0.05) is 24.3 Å². The maximum absolute atomic E-state index is 13.1. The van der Waals surface area contributed by atoms with Crippen LogP contribution in [-0.4, -0.2) is 28.9 Å². The second-order valence-electron chi connectivity index (χ2n) is 8.58. The molecular formula is C18H27NO3. The molecule has 1 heterocycles. The van der Waals surface area contributed by atoms with Crippen LogP contribution in [0, 0.1) is 23.2 Å². The minimum absolute atomic E-state index is 0.0642. The molecule has 122 valence electrons. The second kappa shape index (κ2) is 5.05. The minimum Gasteiger partial charge on any atom is -0.390 e. The van der Waals surface area contributed by atoms with E-state index in [-0.39, 0.29) is 23.0 Å². The lowest BCUT2D eigenvalue weighted by Gasteiger charge is -2.59. The molecular weight excluding hydrogens is 278 g/mol. The van der Waals surface area contributed by atoms with Crippen molar-refractivity contribution in [1.29, 1.82) is 0 Å². The number of carbonyl (C=O) groups excluding carboxylic acids is 2. The Morgan fingerprint density at radius 1 is 1.18 bits per heavy atom. The van der Waals surface area contributed by atoms with E-state index in [0.29, 0.717) is 24.7 Å². The van der Waals surface area contributed by atoms with Gasteiger partial charge in [0.15, 0.2) is 0 Å². The standard InChI is InChI=1S/C18H27NO3/c20-15(6-14-3-1-2-4-19-16(14)21)17-7-12-5-13(8-17)10-18(22,9-12)11-17/h12-14,22H,1-11H2,(H,19,21). The summed E-state index contributed by atoms with van der Waals surface area (Å²) in [5.41, 5.74) is -0.906. The van der Waals surface area contributed by atoms with E-state index in [1.165, 1.54) is 6.42 Å². The molecule has 0 spiro atoms. The van der Waals surface area contributed by atoms with Crippen LogP contribution < -0.4 is 5.32 Å². The lowest BCUT2D eigenvalue weighted by atomic mass is 9.46. The molecule has 5 aliphatic rings. The van der Waals surface area contributed by atoms with Crippen molar-refractivity contribution in [3.8, 4) is 0 Å². The fourth-order valence-electron chi connectivity index (χ4n) is 6.18. The first kappa shape index (κ1) is 14.7. The van der Waals surface area contributed by atoms with Gasteiger partial charge in [0.1, 0.15) is 5.78 Å². The van der Waals surface area contributed by atoms with Crippen LogP contribution in [0.4, 0.5) is 0 Å². The summed E-state index contributed by atoms with van der Waals surface area (Å²) in [4.78, 5) is 25.2. The van der Waals surface area contributed by atoms with E-state index in [9.17, 15) is 14.7 Å². The Hall–Kier alpha value is -0.900. The first-order valence-corrected chi connectivity index (χ1v) is 9.01. The molecule has 1 saturated heterocycles. The van der Waals surface area contributed by atoms with Gasteiger partial charge in [-0.2, -0.15) is 0 Å². The summed E-state index contributed by atoms with van der Waals surface area (Å²) >= 11 is 0. The predicted octanol–water partition coefficient (Wildman–Crippen LogP) is 2.19. The Labute approximate surface area is 132 Å². The van der Waals surface area contributed by atoms with Gasteiger partial charge in [-0.1, -0.05) is 6.42 Å². The number of hydrogen-bond donors (Lipinski definition) is 2. The summed E-state index contributed by atoms with van der Waals surface area (Å²) in [6.07, 6.45) is 8.82. The highest BCUT2D eigenvalue weighted by atomic mass is 16.3. The normalized spacial score (nSPS) is 47.1. The van der Waals surface area contributed by atoms with Gasteiger partial charge in [-0.3, -0.25) is 9.59 Å².